The lowest BCUT2D eigenvalue weighted by atomic mass is 10.0. The SMILES string of the molecule is CC(C)c1ccc(NC(=O)CCn2cnc3c(cnn3C(C)(C)C)c2=O)cc1. The Balaban J connectivity index is 1.69. The van der Waals surface area contributed by atoms with E-state index in [4.69, 9.17) is 0 Å². The van der Waals surface area contributed by atoms with Gasteiger partial charge in [-0.05, 0) is 44.4 Å². The Morgan fingerprint density at radius 2 is 1.86 bits per heavy atom. The molecule has 7 nitrogen and oxygen atoms in total. The van der Waals surface area contributed by atoms with Crippen molar-refractivity contribution in [1.29, 1.82) is 0 Å². The summed E-state index contributed by atoms with van der Waals surface area (Å²) in [6.45, 7) is 10.5. The van der Waals surface area contributed by atoms with Crippen molar-refractivity contribution in [2.45, 2.75) is 59.0 Å². The minimum atomic E-state index is -0.265. The van der Waals surface area contributed by atoms with Crippen molar-refractivity contribution >= 4 is 22.6 Å². The van der Waals surface area contributed by atoms with Crippen LogP contribution in [0.4, 0.5) is 5.69 Å². The van der Waals surface area contributed by atoms with Crippen LogP contribution in [0.2, 0.25) is 0 Å². The number of aromatic nitrogens is 4. The summed E-state index contributed by atoms with van der Waals surface area (Å²) in [5.41, 5.74) is 2.08. The van der Waals surface area contributed by atoms with E-state index in [9.17, 15) is 9.59 Å². The van der Waals surface area contributed by atoms with E-state index in [0.29, 0.717) is 17.0 Å². The molecule has 0 aliphatic rings. The van der Waals surface area contributed by atoms with Gasteiger partial charge in [0.15, 0.2) is 5.65 Å². The molecule has 0 aliphatic heterocycles. The summed E-state index contributed by atoms with van der Waals surface area (Å²) < 4.78 is 3.19. The molecule has 2 aromatic heterocycles. The fourth-order valence-corrected chi connectivity index (χ4v) is 3.00. The van der Waals surface area contributed by atoms with Gasteiger partial charge in [0.1, 0.15) is 5.39 Å². The van der Waals surface area contributed by atoms with E-state index in [1.807, 2.05) is 45.0 Å². The molecule has 0 saturated carbocycles. The summed E-state index contributed by atoms with van der Waals surface area (Å²) in [7, 11) is 0. The third-order valence-electron chi connectivity index (χ3n) is 4.63. The first-order valence-electron chi connectivity index (χ1n) is 9.50. The second-order valence-electron chi connectivity index (χ2n) is 8.28. The highest BCUT2D eigenvalue weighted by Gasteiger charge is 2.19. The number of anilines is 1. The van der Waals surface area contributed by atoms with Crippen molar-refractivity contribution in [3.05, 3.63) is 52.7 Å². The van der Waals surface area contributed by atoms with Crippen molar-refractivity contribution in [3.63, 3.8) is 0 Å². The smallest absolute Gasteiger partial charge is 0.264 e. The Labute approximate surface area is 164 Å². The van der Waals surface area contributed by atoms with E-state index >= 15 is 0 Å². The normalized spacial score (nSPS) is 11.9. The van der Waals surface area contributed by atoms with Crippen LogP contribution in [0, 0.1) is 0 Å². The highest BCUT2D eigenvalue weighted by molar-refractivity contribution is 5.90. The molecule has 0 bridgehead atoms. The molecule has 0 atom stereocenters. The standard InChI is InChI=1S/C21H27N5O2/c1-14(2)15-6-8-16(9-7-15)24-18(27)10-11-25-13-22-19-17(20(25)28)12-23-26(19)21(3,4)5/h6-9,12-14H,10-11H2,1-5H3,(H,24,27). The molecule has 0 aliphatic carbocycles. The monoisotopic (exact) mass is 381 g/mol. The Morgan fingerprint density at radius 1 is 1.18 bits per heavy atom. The second kappa shape index (κ2) is 7.58. The molecular formula is C21H27N5O2. The Hall–Kier alpha value is -2.96. The predicted molar refractivity (Wildman–Crippen MR) is 111 cm³/mol. The third kappa shape index (κ3) is 4.13. The molecule has 1 N–H and O–H groups in total. The largest absolute Gasteiger partial charge is 0.326 e. The predicted octanol–water partition coefficient (Wildman–Crippen LogP) is 3.50. The van der Waals surface area contributed by atoms with Gasteiger partial charge in [-0.1, -0.05) is 26.0 Å². The quantitative estimate of drug-likeness (QED) is 0.733. The first kappa shape index (κ1) is 19.8. The molecule has 7 heteroatoms. The summed E-state index contributed by atoms with van der Waals surface area (Å²) in [4.78, 5) is 29.3. The molecule has 1 aromatic carbocycles. The number of fused-ring (bicyclic) bond motifs is 1. The number of nitrogens with one attached hydrogen (secondary N) is 1. The molecule has 148 valence electrons. The minimum absolute atomic E-state index is 0.144. The van der Waals surface area contributed by atoms with Gasteiger partial charge in [-0.3, -0.25) is 14.2 Å². The Morgan fingerprint density at radius 3 is 2.46 bits per heavy atom. The van der Waals surface area contributed by atoms with E-state index in [-0.39, 0.29) is 30.0 Å². The zero-order chi connectivity index (χ0) is 20.5. The molecule has 1 amide bonds. The first-order valence-corrected chi connectivity index (χ1v) is 9.50. The van der Waals surface area contributed by atoms with E-state index in [1.54, 1.807) is 10.9 Å². The zero-order valence-electron chi connectivity index (χ0n) is 17.1. The van der Waals surface area contributed by atoms with Gasteiger partial charge in [0, 0.05) is 18.7 Å². The Kier molecular flexibility index (Phi) is 5.36. The molecule has 3 aromatic rings. The summed E-state index contributed by atoms with van der Waals surface area (Å²) in [5.74, 6) is 0.302. The summed E-state index contributed by atoms with van der Waals surface area (Å²) >= 11 is 0. The summed E-state index contributed by atoms with van der Waals surface area (Å²) in [6, 6.07) is 7.81. The molecule has 28 heavy (non-hydrogen) atoms. The second-order valence-corrected chi connectivity index (χ2v) is 8.28. The first-order chi connectivity index (χ1) is 13.2. The average molecular weight is 381 g/mol. The highest BCUT2D eigenvalue weighted by Crippen LogP contribution is 2.18. The van der Waals surface area contributed by atoms with Crippen LogP contribution in [-0.2, 0) is 16.9 Å². The zero-order valence-corrected chi connectivity index (χ0v) is 17.1. The van der Waals surface area contributed by atoms with Crippen molar-refractivity contribution in [2.75, 3.05) is 5.32 Å². The lowest BCUT2D eigenvalue weighted by Gasteiger charge is -2.19. The molecule has 0 saturated heterocycles. The van der Waals surface area contributed by atoms with Crippen molar-refractivity contribution in [2.24, 2.45) is 0 Å². The number of amides is 1. The maximum atomic E-state index is 12.7. The van der Waals surface area contributed by atoms with Gasteiger partial charge in [-0.15, -0.1) is 0 Å². The molecule has 0 radical (unpaired) electrons. The number of hydrogen-bond acceptors (Lipinski definition) is 4. The average Bonchev–Trinajstić information content (AvgIpc) is 3.07. The number of benzene rings is 1. The number of carbonyl (C=O) groups excluding carboxylic acids is 1. The molecule has 3 rings (SSSR count). The van der Waals surface area contributed by atoms with Crippen LogP contribution in [0.3, 0.4) is 0 Å². The number of aryl methyl sites for hydroxylation is 1. The third-order valence-corrected chi connectivity index (χ3v) is 4.63. The van der Waals surface area contributed by atoms with Crippen LogP contribution in [-0.4, -0.2) is 25.2 Å². The van der Waals surface area contributed by atoms with Gasteiger partial charge in [-0.25, -0.2) is 9.67 Å². The molecule has 0 spiro atoms. The maximum absolute atomic E-state index is 12.7. The van der Waals surface area contributed by atoms with Gasteiger partial charge in [-0.2, -0.15) is 5.10 Å². The van der Waals surface area contributed by atoms with E-state index in [2.05, 4.69) is 29.2 Å². The summed E-state index contributed by atoms with van der Waals surface area (Å²) in [6.07, 6.45) is 3.22. The van der Waals surface area contributed by atoms with Gasteiger partial charge >= 0.3 is 0 Å². The van der Waals surface area contributed by atoms with Gasteiger partial charge in [0.05, 0.1) is 18.1 Å². The van der Waals surface area contributed by atoms with E-state index < -0.39 is 0 Å². The van der Waals surface area contributed by atoms with Crippen molar-refractivity contribution in [3.8, 4) is 0 Å². The molecule has 0 unspecified atom stereocenters. The molecular weight excluding hydrogens is 354 g/mol. The fourth-order valence-electron chi connectivity index (χ4n) is 3.00. The van der Waals surface area contributed by atoms with Crippen LogP contribution in [0.5, 0.6) is 0 Å². The maximum Gasteiger partial charge on any atom is 0.264 e. The number of hydrogen-bond donors (Lipinski definition) is 1. The lowest BCUT2D eigenvalue weighted by Crippen LogP contribution is -2.26. The van der Waals surface area contributed by atoms with Crippen LogP contribution in [0.25, 0.3) is 11.0 Å². The van der Waals surface area contributed by atoms with Crippen LogP contribution in [0.15, 0.2) is 41.6 Å². The highest BCUT2D eigenvalue weighted by atomic mass is 16.2. The number of carbonyl (C=O) groups is 1. The van der Waals surface area contributed by atoms with Crippen molar-refractivity contribution in [1.82, 2.24) is 19.3 Å². The lowest BCUT2D eigenvalue weighted by molar-refractivity contribution is -0.116. The van der Waals surface area contributed by atoms with Crippen LogP contribution >= 0.6 is 0 Å². The topological polar surface area (TPSA) is 81.8 Å². The van der Waals surface area contributed by atoms with Gasteiger partial charge < -0.3 is 5.32 Å². The van der Waals surface area contributed by atoms with Gasteiger partial charge in [0.25, 0.3) is 5.56 Å². The van der Waals surface area contributed by atoms with E-state index in [1.165, 1.54) is 16.5 Å². The fraction of sp³-hybridized carbons (Fsp3) is 0.429. The molecule has 2 heterocycles. The molecule has 0 fully saturated rings. The summed E-state index contributed by atoms with van der Waals surface area (Å²) in [5, 5.41) is 7.63. The number of rotatable bonds is 5. The van der Waals surface area contributed by atoms with E-state index in [0.717, 1.165) is 5.69 Å². The van der Waals surface area contributed by atoms with Crippen LogP contribution in [0.1, 0.15) is 52.5 Å². The van der Waals surface area contributed by atoms with Gasteiger partial charge in [0.2, 0.25) is 5.91 Å². The van der Waals surface area contributed by atoms with Crippen LogP contribution < -0.4 is 10.9 Å². The minimum Gasteiger partial charge on any atom is -0.326 e. The van der Waals surface area contributed by atoms with Crippen molar-refractivity contribution < 1.29 is 4.79 Å². The number of nitrogens with zero attached hydrogens (tertiary/aromatic N) is 4. The Bertz CT molecular complexity index is 1040.